The Balaban J connectivity index is 1.24. The number of aromatic nitrogens is 1. The number of nitrogens with zero attached hydrogens (tertiary/aromatic N) is 3. The van der Waals surface area contributed by atoms with Crippen molar-refractivity contribution in [2.45, 2.75) is 9.24 Å². The summed E-state index contributed by atoms with van der Waals surface area (Å²) in [5.74, 6) is -2.06. The van der Waals surface area contributed by atoms with Crippen LogP contribution in [0.4, 0.5) is 21.9 Å². The summed E-state index contributed by atoms with van der Waals surface area (Å²) in [5, 5.41) is 17.5. The Morgan fingerprint density at radius 2 is 1.76 bits per heavy atom. The Labute approximate surface area is 267 Å². The van der Waals surface area contributed by atoms with Gasteiger partial charge in [-0.2, -0.15) is 0 Å². The minimum absolute atomic E-state index is 0.220. The van der Waals surface area contributed by atoms with Crippen LogP contribution in [0, 0.1) is 10.1 Å². The lowest BCUT2D eigenvalue weighted by atomic mass is 10.1. The van der Waals surface area contributed by atoms with Crippen molar-refractivity contribution in [3.63, 3.8) is 0 Å². The number of nitrogens with one attached hydrogen (secondary N) is 2. The van der Waals surface area contributed by atoms with E-state index in [-0.39, 0.29) is 33.3 Å². The molecular weight excluding hydrogens is 638 g/mol. The molecule has 2 N–H and O–H groups in total. The van der Waals surface area contributed by atoms with Gasteiger partial charge in [-0.05, 0) is 72.3 Å². The number of imide groups is 2. The van der Waals surface area contributed by atoms with E-state index in [1.165, 1.54) is 35.6 Å². The van der Waals surface area contributed by atoms with Gasteiger partial charge in [-0.25, -0.2) is 14.7 Å². The summed E-state index contributed by atoms with van der Waals surface area (Å²) in [7, 11) is 0. The highest BCUT2D eigenvalue weighted by atomic mass is 35.5. The second-order valence-corrected chi connectivity index (χ2v) is 12.3. The first kappa shape index (κ1) is 29.7. The van der Waals surface area contributed by atoms with Crippen LogP contribution in [0.2, 0.25) is 5.02 Å². The lowest BCUT2D eigenvalue weighted by Crippen LogP contribution is -2.54. The zero-order chi connectivity index (χ0) is 31.7. The monoisotopic (exact) mass is 655 g/mol. The zero-order valence-electron chi connectivity index (χ0n) is 22.7. The number of nitro groups is 1. The maximum atomic E-state index is 13.1. The van der Waals surface area contributed by atoms with Crippen molar-refractivity contribution in [2.75, 3.05) is 10.2 Å². The highest BCUT2D eigenvalue weighted by Gasteiger charge is 2.36. The SMILES string of the molecule is O=C1NC(=O)N(c2ccccc2)C(=O)/C1=C/c1ccc(Sc2nc3ccc(NC(=O)c4ccc(Cl)cc4)cc3s2)c([N+](=O)[O-])c1. The normalized spacial score (nSPS) is 14.1. The van der Waals surface area contributed by atoms with Crippen molar-refractivity contribution in [2.24, 2.45) is 0 Å². The van der Waals surface area contributed by atoms with Crippen LogP contribution in [0.3, 0.4) is 0 Å². The van der Waals surface area contributed by atoms with Gasteiger partial charge in [0.1, 0.15) is 5.57 Å². The van der Waals surface area contributed by atoms with Gasteiger partial charge in [0.2, 0.25) is 0 Å². The van der Waals surface area contributed by atoms with Crippen molar-refractivity contribution < 1.29 is 24.1 Å². The molecule has 1 saturated heterocycles. The van der Waals surface area contributed by atoms with E-state index in [4.69, 9.17) is 11.6 Å². The molecule has 4 aromatic carbocycles. The molecule has 1 aliphatic rings. The lowest BCUT2D eigenvalue weighted by molar-refractivity contribution is -0.387. The number of barbiturate groups is 1. The predicted molar refractivity (Wildman–Crippen MR) is 172 cm³/mol. The fraction of sp³-hybridized carbons (Fsp3) is 0. The number of hydrogen-bond acceptors (Lipinski definition) is 9. The Hall–Kier alpha value is -5.37. The summed E-state index contributed by atoms with van der Waals surface area (Å²) in [6, 6.07) is 23.2. The minimum Gasteiger partial charge on any atom is -0.322 e. The van der Waals surface area contributed by atoms with Crippen LogP contribution in [0.5, 0.6) is 0 Å². The van der Waals surface area contributed by atoms with Gasteiger partial charge >= 0.3 is 6.03 Å². The van der Waals surface area contributed by atoms with E-state index in [1.54, 1.807) is 72.8 Å². The Kier molecular flexibility index (Phi) is 8.13. The van der Waals surface area contributed by atoms with Crippen LogP contribution in [0.1, 0.15) is 15.9 Å². The molecular formula is C31H18ClN5O6S2. The largest absolute Gasteiger partial charge is 0.335 e. The molecule has 0 radical (unpaired) electrons. The molecule has 2 heterocycles. The molecule has 45 heavy (non-hydrogen) atoms. The van der Waals surface area contributed by atoms with Gasteiger partial charge in [0.25, 0.3) is 23.4 Å². The van der Waals surface area contributed by atoms with Crippen LogP contribution in [0.15, 0.2) is 106 Å². The third-order valence-corrected chi connectivity index (χ3v) is 8.93. The Bertz CT molecular complexity index is 2060. The molecule has 1 fully saturated rings. The molecule has 6 rings (SSSR count). The van der Waals surface area contributed by atoms with Gasteiger partial charge in [0.05, 0.1) is 25.7 Å². The number of fused-ring (bicyclic) bond motifs is 1. The van der Waals surface area contributed by atoms with Gasteiger partial charge < -0.3 is 5.32 Å². The van der Waals surface area contributed by atoms with E-state index in [0.29, 0.717) is 26.1 Å². The molecule has 0 atom stereocenters. The average molecular weight is 656 g/mol. The number of halogens is 1. The van der Waals surface area contributed by atoms with Gasteiger partial charge in [0, 0.05) is 22.3 Å². The molecule has 11 nitrogen and oxygen atoms in total. The number of urea groups is 1. The fourth-order valence-electron chi connectivity index (χ4n) is 4.41. The quantitative estimate of drug-likeness (QED) is 0.0829. The molecule has 0 spiro atoms. The predicted octanol–water partition coefficient (Wildman–Crippen LogP) is 6.93. The summed E-state index contributed by atoms with van der Waals surface area (Å²) in [4.78, 5) is 67.8. The number of benzene rings is 4. The van der Waals surface area contributed by atoms with Crippen LogP contribution < -0.4 is 15.5 Å². The number of nitro benzene ring substituents is 1. The third-order valence-electron chi connectivity index (χ3n) is 6.54. The first-order valence-corrected chi connectivity index (χ1v) is 15.1. The molecule has 0 unspecified atom stereocenters. The van der Waals surface area contributed by atoms with Gasteiger partial charge in [0.15, 0.2) is 4.34 Å². The second kappa shape index (κ2) is 12.3. The van der Waals surface area contributed by atoms with E-state index >= 15 is 0 Å². The van der Waals surface area contributed by atoms with Crippen LogP contribution in [-0.2, 0) is 9.59 Å². The van der Waals surface area contributed by atoms with E-state index < -0.39 is 22.8 Å². The molecule has 222 valence electrons. The Morgan fingerprint density at radius 3 is 2.49 bits per heavy atom. The molecule has 5 amide bonds. The second-order valence-electron chi connectivity index (χ2n) is 9.50. The average Bonchev–Trinajstić information content (AvgIpc) is 3.42. The van der Waals surface area contributed by atoms with Crippen LogP contribution in [0.25, 0.3) is 16.3 Å². The number of thiazole rings is 1. The smallest absolute Gasteiger partial charge is 0.322 e. The summed E-state index contributed by atoms with van der Waals surface area (Å²) in [5.41, 5.74) is 1.53. The standard InChI is InChI=1S/C31H18ClN5O6S2/c32-19-9-7-18(8-10-19)27(38)33-20-11-12-23-26(16-20)45-31(34-23)44-25-13-6-17(15-24(25)37(42)43)14-22-28(39)35-30(41)36(29(22)40)21-4-2-1-3-5-21/h1-16H,(H,33,38)(H,35,39,41)/b22-14+. The lowest BCUT2D eigenvalue weighted by Gasteiger charge is -2.26. The number of para-hydroxylation sites is 1. The number of carbonyl (C=O) groups excluding carboxylic acids is 4. The minimum atomic E-state index is -0.906. The molecule has 0 aliphatic carbocycles. The van der Waals surface area contributed by atoms with E-state index in [9.17, 15) is 29.3 Å². The molecule has 14 heteroatoms. The van der Waals surface area contributed by atoms with Gasteiger partial charge in [-0.3, -0.25) is 29.8 Å². The van der Waals surface area contributed by atoms with Crippen molar-refractivity contribution >= 4 is 91.8 Å². The molecule has 5 aromatic rings. The number of rotatable bonds is 7. The van der Waals surface area contributed by atoms with Gasteiger partial charge in [-0.15, -0.1) is 11.3 Å². The zero-order valence-corrected chi connectivity index (χ0v) is 25.1. The van der Waals surface area contributed by atoms with Crippen molar-refractivity contribution in [3.8, 4) is 0 Å². The third kappa shape index (κ3) is 6.31. The van der Waals surface area contributed by atoms with E-state index in [0.717, 1.165) is 21.4 Å². The first-order chi connectivity index (χ1) is 21.7. The summed E-state index contributed by atoms with van der Waals surface area (Å²) < 4.78 is 1.29. The van der Waals surface area contributed by atoms with E-state index in [1.807, 2.05) is 0 Å². The van der Waals surface area contributed by atoms with Crippen molar-refractivity contribution in [1.29, 1.82) is 0 Å². The maximum Gasteiger partial charge on any atom is 0.335 e. The summed E-state index contributed by atoms with van der Waals surface area (Å²) >= 11 is 8.28. The van der Waals surface area contributed by atoms with Crippen molar-refractivity contribution in [3.05, 3.63) is 123 Å². The van der Waals surface area contributed by atoms with Crippen LogP contribution >= 0.6 is 34.7 Å². The number of carbonyl (C=O) groups is 4. The fourth-order valence-corrected chi connectivity index (χ4v) is 6.69. The van der Waals surface area contributed by atoms with E-state index in [2.05, 4.69) is 15.6 Å². The maximum absolute atomic E-state index is 13.1. The van der Waals surface area contributed by atoms with Gasteiger partial charge in [-0.1, -0.05) is 47.6 Å². The highest BCUT2D eigenvalue weighted by molar-refractivity contribution is 8.01. The highest BCUT2D eigenvalue weighted by Crippen LogP contribution is 2.40. The topological polar surface area (TPSA) is 152 Å². The Morgan fingerprint density at radius 1 is 1.00 bits per heavy atom. The molecule has 0 bridgehead atoms. The number of anilines is 2. The summed E-state index contributed by atoms with van der Waals surface area (Å²) in [6.07, 6.45) is 1.21. The van der Waals surface area contributed by atoms with Crippen molar-refractivity contribution in [1.82, 2.24) is 10.3 Å². The molecule has 1 aliphatic heterocycles. The summed E-state index contributed by atoms with van der Waals surface area (Å²) in [6.45, 7) is 0. The molecule has 1 aromatic heterocycles. The molecule has 0 saturated carbocycles. The number of hydrogen-bond donors (Lipinski definition) is 2. The number of amides is 5. The van der Waals surface area contributed by atoms with Crippen LogP contribution in [-0.4, -0.2) is 33.7 Å². The first-order valence-electron chi connectivity index (χ1n) is 13.1.